The lowest BCUT2D eigenvalue weighted by Crippen LogP contribution is -2.31. The highest BCUT2D eigenvalue weighted by atomic mass is 16.4. The second-order valence-corrected chi connectivity index (χ2v) is 7.54. The van der Waals surface area contributed by atoms with E-state index >= 15 is 0 Å². The molecule has 0 radical (unpaired) electrons. The summed E-state index contributed by atoms with van der Waals surface area (Å²) in [5, 5.41) is 17.3. The minimum Gasteiger partial charge on any atom is -0.481 e. The molecule has 0 aromatic rings. The van der Waals surface area contributed by atoms with Crippen LogP contribution in [0.3, 0.4) is 0 Å². The van der Waals surface area contributed by atoms with Crippen LogP contribution in [0.2, 0.25) is 0 Å². The van der Waals surface area contributed by atoms with Crippen LogP contribution in [0.1, 0.15) is 124 Å². The zero-order chi connectivity index (χ0) is 20.3. The van der Waals surface area contributed by atoms with E-state index in [9.17, 15) is 9.90 Å². The first-order valence-corrected chi connectivity index (χ1v) is 10.8. The lowest BCUT2D eigenvalue weighted by atomic mass is 9.74. The van der Waals surface area contributed by atoms with E-state index in [0.717, 1.165) is 45.4 Å². The SMILES string of the molecule is CC(=O)O.CCCCCCC(CCCCCC)(CCCCCC)C(=O)O. The van der Waals surface area contributed by atoms with Gasteiger partial charge in [-0.2, -0.15) is 0 Å². The summed E-state index contributed by atoms with van der Waals surface area (Å²) in [5.41, 5.74) is -0.435. The first kappa shape index (κ1) is 27.2. The highest BCUT2D eigenvalue weighted by Gasteiger charge is 2.36. The number of carbonyl (C=O) groups is 2. The van der Waals surface area contributed by atoms with Gasteiger partial charge in [0.15, 0.2) is 0 Å². The minimum absolute atomic E-state index is 0.435. The van der Waals surface area contributed by atoms with Gasteiger partial charge in [0.2, 0.25) is 0 Å². The molecule has 0 atom stereocenters. The second-order valence-electron chi connectivity index (χ2n) is 7.54. The lowest BCUT2D eigenvalue weighted by molar-refractivity contribution is -0.151. The minimum atomic E-state index is -0.833. The molecule has 156 valence electrons. The van der Waals surface area contributed by atoms with Gasteiger partial charge in [-0.3, -0.25) is 9.59 Å². The number of hydrogen-bond acceptors (Lipinski definition) is 2. The average Bonchev–Trinajstić information content (AvgIpc) is 2.58. The van der Waals surface area contributed by atoms with E-state index in [4.69, 9.17) is 9.90 Å². The van der Waals surface area contributed by atoms with Gasteiger partial charge in [0.1, 0.15) is 0 Å². The van der Waals surface area contributed by atoms with Crippen LogP contribution in [0.15, 0.2) is 0 Å². The van der Waals surface area contributed by atoms with E-state index in [-0.39, 0.29) is 0 Å². The monoisotopic (exact) mass is 372 g/mol. The predicted octanol–water partition coefficient (Wildman–Crippen LogP) is 7.06. The molecule has 26 heavy (non-hydrogen) atoms. The molecule has 0 saturated heterocycles. The summed E-state index contributed by atoms with van der Waals surface area (Å²) < 4.78 is 0. The Morgan fingerprint density at radius 2 is 0.885 bits per heavy atom. The van der Waals surface area contributed by atoms with Crippen LogP contribution in [0.4, 0.5) is 0 Å². The molecule has 0 rings (SSSR count). The molecular weight excluding hydrogens is 328 g/mol. The Labute approximate surface area is 161 Å². The first-order chi connectivity index (χ1) is 12.4. The van der Waals surface area contributed by atoms with Gasteiger partial charge in [-0.25, -0.2) is 0 Å². The Hall–Kier alpha value is -1.06. The average molecular weight is 373 g/mol. The Kier molecular flexibility index (Phi) is 19.6. The van der Waals surface area contributed by atoms with Crippen molar-refractivity contribution >= 4 is 11.9 Å². The molecule has 0 saturated carbocycles. The molecular formula is C22H44O4. The van der Waals surface area contributed by atoms with Crippen molar-refractivity contribution in [3.63, 3.8) is 0 Å². The van der Waals surface area contributed by atoms with E-state index in [2.05, 4.69) is 20.8 Å². The van der Waals surface area contributed by atoms with Crippen LogP contribution < -0.4 is 0 Å². The number of hydrogen-bond donors (Lipinski definition) is 2. The highest BCUT2D eigenvalue weighted by Crippen LogP contribution is 2.37. The molecule has 4 heteroatoms. The maximum absolute atomic E-state index is 12.0. The molecule has 2 N–H and O–H groups in total. The van der Waals surface area contributed by atoms with Gasteiger partial charge >= 0.3 is 5.97 Å². The quantitative estimate of drug-likeness (QED) is 0.284. The molecule has 0 aliphatic carbocycles. The maximum atomic E-state index is 12.0. The van der Waals surface area contributed by atoms with Crippen molar-refractivity contribution < 1.29 is 19.8 Å². The fraction of sp³-hybridized carbons (Fsp3) is 0.909. The van der Waals surface area contributed by atoms with Gasteiger partial charge in [0.05, 0.1) is 5.41 Å². The van der Waals surface area contributed by atoms with Crippen LogP contribution in [0.5, 0.6) is 0 Å². The van der Waals surface area contributed by atoms with Crippen molar-refractivity contribution in [2.45, 2.75) is 124 Å². The number of aliphatic carboxylic acids is 2. The molecule has 0 amide bonds. The zero-order valence-electron chi connectivity index (χ0n) is 17.8. The van der Waals surface area contributed by atoms with Crippen molar-refractivity contribution in [2.24, 2.45) is 5.41 Å². The largest absolute Gasteiger partial charge is 0.481 e. The summed E-state index contributed by atoms with van der Waals surface area (Å²) in [4.78, 5) is 21.0. The van der Waals surface area contributed by atoms with Gasteiger partial charge in [-0.1, -0.05) is 97.8 Å². The van der Waals surface area contributed by atoms with Gasteiger partial charge < -0.3 is 10.2 Å². The highest BCUT2D eigenvalue weighted by molar-refractivity contribution is 5.74. The number of unbranched alkanes of at least 4 members (excludes halogenated alkanes) is 9. The number of rotatable bonds is 16. The molecule has 0 aliphatic heterocycles. The van der Waals surface area contributed by atoms with Gasteiger partial charge in [-0.05, 0) is 19.3 Å². The normalized spacial score (nSPS) is 10.9. The van der Waals surface area contributed by atoms with Crippen molar-refractivity contribution in [3.05, 3.63) is 0 Å². The Balaban J connectivity index is 0. The van der Waals surface area contributed by atoms with E-state index in [1.807, 2.05) is 0 Å². The van der Waals surface area contributed by atoms with Crippen LogP contribution in [-0.4, -0.2) is 22.2 Å². The summed E-state index contributed by atoms with van der Waals surface area (Å²) in [6.07, 6.45) is 16.9. The molecule has 0 aromatic carbocycles. The maximum Gasteiger partial charge on any atom is 0.309 e. The van der Waals surface area contributed by atoms with Crippen molar-refractivity contribution in [2.75, 3.05) is 0 Å². The molecule has 0 aliphatic rings. The summed E-state index contributed by atoms with van der Waals surface area (Å²) in [6, 6.07) is 0. The third-order valence-corrected chi connectivity index (χ3v) is 4.98. The topological polar surface area (TPSA) is 74.6 Å². The Bertz CT molecular complexity index is 304. The van der Waals surface area contributed by atoms with E-state index in [1.54, 1.807) is 0 Å². The molecule has 0 spiro atoms. The van der Waals surface area contributed by atoms with Crippen LogP contribution in [0, 0.1) is 5.41 Å². The van der Waals surface area contributed by atoms with Crippen LogP contribution in [-0.2, 0) is 9.59 Å². The smallest absolute Gasteiger partial charge is 0.309 e. The predicted molar refractivity (Wildman–Crippen MR) is 110 cm³/mol. The Morgan fingerprint density at radius 1 is 0.615 bits per heavy atom. The van der Waals surface area contributed by atoms with Crippen LogP contribution in [0.25, 0.3) is 0 Å². The molecule has 0 fully saturated rings. The summed E-state index contributed by atoms with van der Waals surface area (Å²) in [6.45, 7) is 7.71. The van der Waals surface area contributed by atoms with Crippen molar-refractivity contribution in [3.8, 4) is 0 Å². The molecule has 0 heterocycles. The van der Waals surface area contributed by atoms with E-state index < -0.39 is 17.4 Å². The third-order valence-electron chi connectivity index (χ3n) is 4.98. The van der Waals surface area contributed by atoms with Gasteiger partial charge in [0, 0.05) is 6.92 Å². The van der Waals surface area contributed by atoms with Crippen molar-refractivity contribution in [1.82, 2.24) is 0 Å². The summed E-state index contributed by atoms with van der Waals surface area (Å²) in [5.74, 6) is -1.36. The summed E-state index contributed by atoms with van der Waals surface area (Å²) in [7, 11) is 0. The fourth-order valence-electron chi connectivity index (χ4n) is 3.37. The third kappa shape index (κ3) is 16.4. The zero-order valence-corrected chi connectivity index (χ0v) is 17.8. The van der Waals surface area contributed by atoms with E-state index in [1.165, 1.54) is 57.8 Å². The lowest BCUT2D eigenvalue weighted by Gasteiger charge is -2.30. The van der Waals surface area contributed by atoms with Crippen molar-refractivity contribution in [1.29, 1.82) is 0 Å². The van der Waals surface area contributed by atoms with Gasteiger partial charge in [0.25, 0.3) is 5.97 Å². The molecule has 4 nitrogen and oxygen atoms in total. The van der Waals surface area contributed by atoms with E-state index in [0.29, 0.717) is 0 Å². The molecule has 0 bridgehead atoms. The van der Waals surface area contributed by atoms with Gasteiger partial charge in [-0.15, -0.1) is 0 Å². The number of carboxylic acids is 2. The van der Waals surface area contributed by atoms with Crippen LogP contribution >= 0.6 is 0 Å². The fourth-order valence-corrected chi connectivity index (χ4v) is 3.37. The standard InChI is InChI=1S/C20H40O2.C2H4O2/c1-4-7-10-13-16-20(19(21)22,17-14-11-8-5-2)18-15-12-9-6-3;1-2(3)4/h4-18H2,1-3H3,(H,21,22);1H3,(H,3,4). The summed E-state index contributed by atoms with van der Waals surface area (Å²) >= 11 is 0. The number of carboxylic acid groups (broad SMARTS) is 2. The molecule has 0 unspecified atom stereocenters. The first-order valence-electron chi connectivity index (χ1n) is 10.8. The molecule has 0 aromatic heterocycles. The Morgan fingerprint density at radius 3 is 1.08 bits per heavy atom. The second kappa shape index (κ2) is 18.7.